The zero-order valence-corrected chi connectivity index (χ0v) is 11.1. The van der Waals surface area contributed by atoms with Gasteiger partial charge in [0.05, 0.1) is 6.04 Å². The summed E-state index contributed by atoms with van der Waals surface area (Å²) in [5.74, 6) is 0.625. The third kappa shape index (κ3) is 4.32. The molecule has 1 rings (SSSR count). The molecule has 0 radical (unpaired) electrons. The van der Waals surface area contributed by atoms with E-state index in [-0.39, 0.29) is 6.04 Å². The third-order valence-corrected chi connectivity index (χ3v) is 2.48. The lowest BCUT2D eigenvalue weighted by molar-refractivity contribution is 0.196. The Labute approximate surface area is 102 Å². The van der Waals surface area contributed by atoms with Gasteiger partial charge in [-0.2, -0.15) is 0 Å². The number of nitrogens with zero attached hydrogens (tertiary/aromatic N) is 3. The van der Waals surface area contributed by atoms with Crippen LogP contribution in [0.2, 0.25) is 0 Å². The average molecular weight is 242 g/mol. The molecule has 6 nitrogen and oxygen atoms in total. The first-order valence-electron chi connectivity index (χ1n) is 5.95. The van der Waals surface area contributed by atoms with Crippen molar-refractivity contribution in [2.45, 2.75) is 26.3 Å². The van der Waals surface area contributed by atoms with Crippen molar-refractivity contribution >= 4 is 6.01 Å². The molecule has 0 amide bonds. The minimum atomic E-state index is 0.0913. The normalized spacial score (nSPS) is 12.7. The second-order valence-corrected chi connectivity index (χ2v) is 3.97. The van der Waals surface area contributed by atoms with Gasteiger partial charge in [0, 0.05) is 27.3 Å². The van der Waals surface area contributed by atoms with Crippen molar-refractivity contribution in [1.82, 2.24) is 15.5 Å². The predicted molar refractivity (Wildman–Crippen MR) is 66.2 cm³/mol. The van der Waals surface area contributed by atoms with Gasteiger partial charge in [-0.15, -0.1) is 5.10 Å². The molecule has 1 aromatic rings. The van der Waals surface area contributed by atoms with E-state index in [4.69, 9.17) is 9.15 Å². The monoisotopic (exact) mass is 242 g/mol. The van der Waals surface area contributed by atoms with Crippen LogP contribution in [0.15, 0.2) is 4.42 Å². The maximum atomic E-state index is 5.59. The maximum Gasteiger partial charge on any atom is 0.317 e. The summed E-state index contributed by atoms with van der Waals surface area (Å²) < 4.78 is 10.6. The Morgan fingerprint density at radius 1 is 1.47 bits per heavy atom. The van der Waals surface area contributed by atoms with E-state index in [0.29, 0.717) is 11.9 Å². The smallest absolute Gasteiger partial charge is 0.317 e. The largest absolute Gasteiger partial charge is 0.406 e. The fraction of sp³-hybridized carbons (Fsp3) is 0.818. The Morgan fingerprint density at radius 2 is 2.24 bits per heavy atom. The maximum absolute atomic E-state index is 5.59. The fourth-order valence-corrected chi connectivity index (χ4v) is 1.49. The Bertz CT molecular complexity index is 316. The van der Waals surface area contributed by atoms with Crippen LogP contribution in [0.25, 0.3) is 0 Å². The highest BCUT2D eigenvalue weighted by Crippen LogP contribution is 2.16. The molecule has 0 aliphatic rings. The molecule has 17 heavy (non-hydrogen) atoms. The average Bonchev–Trinajstić information content (AvgIpc) is 2.79. The summed E-state index contributed by atoms with van der Waals surface area (Å²) in [7, 11) is 3.63. The first kappa shape index (κ1) is 13.9. The predicted octanol–water partition coefficient (Wildman–Crippen LogP) is 1.21. The molecular formula is C11H22N4O2. The molecule has 0 saturated heterocycles. The van der Waals surface area contributed by atoms with Crippen LogP contribution in [-0.2, 0) is 4.74 Å². The van der Waals surface area contributed by atoms with E-state index >= 15 is 0 Å². The van der Waals surface area contributed by atoms with Crippen LogP contribution in [0, 0.1) is 0 Å². The van der Waals surface area contributed by atoms with Crippen LogP contribution < -0.4 is 10.2 Å². The molecule has 0 spiro atoms. The van der Waals surface area contributed by atoms with Gasteiger partial charge in [0.2, 0.25) is 5.89 Å². The second-order valence-electron chi connectivity index (χ2n) is 3.97. The summed E-state index contributed by atoms with van der Waals surface area (Å²) in [5.41, 5.74) is 0. The van der Waals surface area contributed by atoms with E-state index < -0.39 is 0 Å². The van der Waals surface area contributed by atoms with E-state index in [1.807, 2.05) is 25.8 Å². The SMILES string of the molecule is CCNC(C)c1nnc(N(C)CCCOC)o1. The van der Waals surface area contributed by atoms with Gasteiger partial charge in [0.25, 0.3) is 0 Å². The lowest BCUT2D eigenvalue weighted by atomic mass is 10.3. The highest BCUT2D eigenvalue weighted by Gasteiger charge is 2.14. The Kier molecular flexibility index (Phi) is 5.93. The fourth-order valence-electron chi connectivity index (χ4n) is 1.49. The summed E-state index contributed by atoms with van der Waals surface area (Å²) in [6, 6.07) is 0.648. The zero-order valence-electron chi connectivity index (χ0n) is 11.1. The third-order valence-electron chi connectivity index (χ3n) is 2.48. The van der Waals surface area contributed by atoms with Crippen molar-refractivity contribution in [3.63, 3.8) is 0 Å². The highest BCUT2D eigenvalue weighted by atomic mass is 16.5. The Hall–Kier alpha value is -1.14. The molecule has 1 unspecified atom stereocenters. The summed E-state index contributed by atoms with van der Waals surface area (Å²) in [4.78, 5) is 1.94. The highest BCUT2D eigenvalue weighted by molar-refractivity contribution is 5.21. The van der Waals surface area contributed by atoms with E-state index in [1.165, 1.54) is 0 Å². The van der Waals surface area contributed by atoms with Crippen molar-refractivity contribution in [3.8, 4) is 0 Å². The number of ether oxygens (including phenoxy) is 1. The standard InChI is InChI=1S/C11H22N4O2/c1-5-12-9(2)10-13-14-11(17-10)15(3)7-6-8-16-4/h9,12H,5-8H2,1-4H3. The summed E-state index contributed by atoms with van der Waals surface area (Å²) in [6.07, 6.45) is 0.938. The summed E-state index contributed by atoms with van der Waals surface area (Å²) >= 11 is 0. The van der Waals surface area contributed by atoms with Gasteiger partial charge in [-0.3, -0.25) is 0 Å². The number of nitrogens with one attached hydrogen (secondary N) is 1. The molecule has 0 saturated carbocycles. The number of hydrogen-bond donors (Lipinski definition) is 1. The van der Waals surface area contributed by atoms with Crippen molar-refractivity contribution < 1.29 is 9.15 Å². The van der Waals surface area contributed by atoms with E-state index in [0.717, 1.165) is 26.1 Å². The van der Waals surface area contributed by atoms with Crippen LogP contribution >= 0.6 is 0 Å². The molecule has 1 N–H and O–H groups in total. The number of hydrogen-bond acceptors (Lipinski definition) is 6. The molecule has 6 heteroatoms. The van der Waals surface area contributed by atoms with Gasteiger partial charge < -0.3 is 19.4 Å². The second kappa shape index (κ2) is 7.24. The molecule has 1 heterocycles. The number of methoxy groups -OCH3 is 1. The Balaban J connectivity index is 2.48. The lowest BCUT2D eigenvalue weighted by Gasteiger charge is -2.13. The minimum absolute atomic E-state index is 0.0913. The van der Waals surface area contributed by atoms with Gasteiger partial charge in [0.1, 0.15) is 0 Å². The van der Waals surface area contributed by atoms with Gasteiger partial charge in [-0.25, -0.2) is 0 Å². The number of anilines is 1. The van der Waals surface area contributed by atoms with Crippen LogP contribution in [0.3, 0.4) is 0 Å². The van der Waals surface area contributed by atoms with Gasteiger partial charge in [-0.05, 0) is 19.9 Å². The molecule has 0 fully saturated rings. The Morgan fingerprint density at radius 3 is 2.88 bits per heavy atom. The molecule has 0 aromatic carbocycles. The summed E-state index contributed by atoms with van der Waals surface area (Å²) in [5, 5.41) is 11.3. The van der Waals surface area contributed by atoms with Gasteiger partial charge in [-0.1, -0.05) is 12.0 Å². The van der Waals surface area contributed by atoms with E-state index in [9.17, 15) is 0 Å². The molecule has 98 valence electrons. The molecule has 0 aliphatic carbocycles. The van der Waals surface area contributed by atoms with Crippen molar-refractivity contribution in [3.05, 3.63) is 5.89 Å². The first-order chi connectivity index (χ1) is 8.19. The summed E-state index contributed by atoms with van der Waals surface area (Å²) in [6.45, 7) is 6.50. The molecule has 1 atom stereocenters. The van der Waals surface area contributed by atoms with Crippen molar-refractivity contribution in [2.75, 3.05) is 38.8 Å². The van der Waals surface area contributed by atoms with E-state index in [2.05, 4.69) is 15.5 Å². The van der Waals surface area contributed by atoms with Crippen LogP contribution in [0.5, 0.6) is 0 Å². The van der Waals surface area contributed by atoms with E-state index in [1.54, 1.807) is 7.11 Å². The molecule has 1 aromatic heterocycles. The lowest BCUT2D eigenvalue weighted by Crippen LogP contribution is -2.20. The van der Waals surface area contributed by atoms with Crippen LogP contribution in [0.1, 0.15) is 32.2 Å². The first-order valence-corrected chi connectivity index (χ1v) is 5.95. The molecular weight excluding hydrogens is 220 g/mol. The van der Waals surface area contributed by atoms with Crippen molar-refractivity contribution in [1.29, 1.82) is 0 Å². The van der Waals surface area contributed by atoms with Crippen LogP contribution in [-0.4, -0.2) is 44.1 Å². The van der Waals surface area contributed by atoms with Crippen molar-refractivity contribution in [2.24, 2.45) is 0 Å². The molecule has 0 aliphatic heterocycles. The minimum Gasteiger partial charge on any atom is -0.406 e. The van der Waals surface area contributed by atoms with Gasteiger partial charge >= 0.3 is 6.01 Å². The topological polar surface area (TPSA) is 63.4 Å². The number of rotatable bonds is 8. The van der Waals surface area contributed by atoms with Gasteiger partial charge in [0.15, 0.2) is 0 Å². The quantitative estimate of drug-likeness (QED) is 0.691. The molecule has 0 bridgehead atoms. The number of aromatic nitrogens is 2. The van der Waals surface area contributed by atoms with Crippen LogP contribution in [0.4, 0.5) is 6.01 Å². The zero-order chi connectivity index (χ0) is 12.7.